The third-order valence-electron chi connectivity index (χ3n) is 5.58. The molecule has 3 unspecified atom stereocenters. The molecule has 2 bridgehead atoms. The Kier molecular flexibility index (Phi) is 5.43. The number of ether oxygens (including phenoxy) is 2. The Bertz CT molecular complexity index is 950. The summed E-state index contributed by atoms with van der Waals surface area (Å²) < 4.78 is 11.7. The summed E-state index contributed by atoms with van der Waals surface area (Å²) in [5.41, 5.74) is 1.34. The van der Waals surface area contributed by atoms with E-state index in [0.717, 1.165) is 12.3 Å². The number of hydrogen-bond donors (Lipinski definition) is 0. The minimum Gasteiger partial charge on any atom is -0.491 e. The van der Waals surface area contributed by atoms with Gasteiger partial charge in [-0.2, -0.15) is 5.26 Å². The molecule has 0 saturated heterocycles. The number of nitriles is 1. The average Bonchev–Trinajstić information content (AvgIpc) is 3.31. The Labute approximate surface area is 173 Å². The zero-order chi connectivity index (χ0) is 19.7. The second kappa shape index (κ2) is 7.98. The van der Waals surface area contributed by atoms with E-state index in [1.807, 2.05) is 0 Å². The summed E-state index contributed by atoms with van der Waals surface area (Å²) in [4.78, 5) is 8.30. The number of rotatable bonds is 5. The van der Waals surface area contributed by atoms with E-state index in [1.54, 1.807) is 25.4 Å². The molecule has 3 atom stereocenters. The maximum absolute atomic E-state index is 9.68. The van der Waals surface area contributed by atoms with E-state index >= 15 is 0 Å². The van der Waals surface area contributed by atoms with Gasteiger partial charge in [-0.05, 0) is 43.6 Å². The van der Waals surface area contributed by atoms with E-state index in [-0.39, 0.29) is 6.10 Å². The molecular formula is C21H19Cl2N3O2. The highest BCUT2D eigenvalue weighted by Crippen LogP contribution is 2.47. The average molecular weight is 416 g/mol. The molecule has 0 amide bonds. The molecule has 2 saturated carbocycles. The summed E-state index contributed by atoms with van der Waals surface area (Å²) in [6.07, 6.45) is 11.2. The first-order chi connectivity index (χ1) is 13.6. The van der Waals surface area contributed by atoms with Crippen molar-refractivity contribution in [2.24, 2.45) is 11.8 Å². The summed E-state index contributed by atoms with van der Waals surface area (Å²) in [5.74, 6) is 2.54. The van der Waals surface area contributed by atoms with Crippen LogP contribution < -0.4 is 9.47 Å². The van der Waals surface area contributed by atoms with Gasteiger partial charge in [0.05, 0.1) is 34.6 Å². The molecule has 0 spiro atoms. The van der Waals surface area contributed by atoms with Gasteiger partial charge < -0.3 is 9.47 Å². The Hall–Kier alpha value is -2.29. The molecule has 4 rings (SSSR count). The SMILES string of the molecule is COc1cnc(/C(C#N)=C/c2c(Cl)cncc2Cl)cc1OC1CC2CCC1C2. The van der Waals surface area contributed by atoms with Crippen molar-refractivity contribution >= 4 is 34.9 Å². The van der Waals surface area contributed by atoms with Crippen LogP contribution in [0.25, 0.3) is 11.6 Å². The minimum absolute atomic E-state index is 0.196. The van der Waals surface area contributed by atoms with Crippen LogP contribution in [0.3, 0.4) is 0 Å². The van der Waals surface area contributed by atoms with Crippen molar-refractivity contribution in [1.29, 1.82) is 5.26 Å². The Morgan fingerprint density at radius 1 is 1.18 bits per heavy atom. The van der Waals surface area contributed by atoms with Gasteiger partial charge in [-0.15, -0.1) is 0 Å². The van der Waals surface area contributed by atoms with E-state index in [9.17, 15) is 5.26 Å². The molecule has 0 aliphatic heterocycles. The standard InChI is InChI=1S/C21H19Cl2N3O2/c1-27-21-11-26-18(7-20(21)28-19-5-12-2-3-13(19)4-12)14(8-24)6-15-16(22)9-25-10-17(15)23/h6-7,9-13,19H,2-5H2,1H3/b14-6+. The molecule has 144 valence electrons. The minimum atomic E-state index is 0.196. The van der Waals surface area contributed by atoms with Gasteiger partial charge in [0.1, 0.15) is 12.2 Å². The second-order valence-corrected chi connectivity index (χ2v) is 8.05. The molecule has 2 heterocycles. The summed E-state index contributed by atoms with van der Waals surface area (Å²) in [5, 5.41) is 10.4. The van der Waals surface area contributed by atoms with Gasteiger partial charge in [0.15, 0.2) is 11.5 Å². The predicted molar refractivity (Wildman–Crippen MR) is 108 cm³/mol. The summed E-state index contributed by atoms with van der Waals surface area (Å²) in [7, 11) is 1.59. The third kappa shape index (κ3) is 3.67. The van der Waals surface area contributed by atoms with E-state index in [1.165, 1.54) is 31.7 Å². The van der Waals surface area contributed by atoms with Crippen LogP contribution in [-0.2, 0) is 0 Å². The number of nitrogens with zero attached hydrogens (tertiary/aromatic N) is 3. The van der Waals surface area contributed by atoms with E-state index in [2.05, 4.69) is 16.0 Å². The zero-order valence-corrected chi connectivity index (χ0v) is 16.9. The monoisotopic (exact) mass is 415 g/mol. The van der Waals surface area contributed by atoms with Crippen LogP contribution in [0, 0.1) is 23.2 Å². The number of hydrogen-bond acceptors (Lipinski definition) is 5. The largest absolute Gasteiger partial charge is 0.491 e. The number of allylic oxidation sites excluding steroid dienone is 1. The highest BCUT2D eigenvalue weighted by atomic mass is 35.5. The molecule has 0 aromatic carbocycles. The van der Waals surface area contributed by atoms with Crippen molar-refractivity contribution in [3.63, 3.8) is 0 Å². The van der Waals surface area contributed by atoms with Gasteiger partial charge in [-0.25, -0.2) is 0 Å². The molecule has 2 fully saturated rings. The lowest BCUT2D eigenvalue weighted by atomic mass is 9.98. The van der Waals surface area contributed by atoms with Crippen LogP contribution in [0.1, 0.15) is 36.9 Å². The molecule has 7 heteroatoms. The quantitative estimate of drug-likeness (QED) is 0.609. The van der Waals surface area contributed by atoms with Crippen LogP contribution in [0.4, 0.5) is 0 Å². The maximum Gasteiger partial charge on any atom is 0.179 e. The molecule has 28 heavy (non-hydrogen) atoms. The van der Waals surface area contributed by atoms with Crippen molar-refractivity contribution in [1.82, 2.24) is 9.97 Å². The summed E-state index contributed by atoms with van der Waals surface area (Å²) >= 11 is 12.4. The zero-order valence-electron chi connectivity index (χ0n) is 15.4. The number of fused-ring (bicyclic) bond motifs is 2. The van der Waals surface area contributed by atoms with Crippen LogP contribution in [0.5, 0.6) is 11.5 Å². The molecule has 0 radical (unpaired) electrons. The fraction of sp³-hybridized carbons (Fsp3) is 0.381. The first kappa shape index (κ1) is 19.0. The Morgan fingerprint density at radius 2 is 1.96 bits per heavy atom. The molecule has 2 aromatic rings. The van der Waals surface area contributed by atoms with E-state index in [4.69, 9.17) is 32.7 Å². The van der Waals surface area contributed by atoms with Crippen LogP contribution in [0.2, 0.25) is 10.0 Å². The fourth-order valence-corrected chi connectivity index (χ4v) is 4.65. The van der Waals surface area contributed by atoms with Gasteiger partial charge in [0.2, 0.25) is 0 Å². The topological polar surface area (TPSA) is 68.0 Å². The summed E-state index contributed by atoms with van der Waals surface area (Å²) in [6, 6.07) is 3.92. The van der Waals surface area contributed by atoms with Crippen molar-refractivity contribution in [3.05, 3.63) is 46.0 Å². The Morgan fingerprint density at radius 3 is 2.57 bits per heavy atom. The molecule has 2 aliphatic rings. The van der Waals surface area contributed by atoms with Gasteiger partial charge >= 0.3 is 0 Å². The lowest BCUT2D eigenvalue weighted by Crippen LogP contribution is -2.23. The molecular weight excluding hydrogens is 397 g/mol. The van der Waals surface area contributed by atoms with Crippen molar-refractivity contribution in [3.8, 4) is 17.6 Å². The van der Waals surface area contributed by atoms with Crippen molar-refractivity contribution in [2.45, 2.75) is 31.8 Å². The lowest BCUT2D eigenvalue weighted by Gasteiger charge is -2.24. The van der Waals surface area contributed by atoms with Crippen molar-refractivity contribution in [2.75, 3.05) is 7.11 Å². The molecule has 5 nitrogen and oxygen atoms in total. The highest BCUT2D eigenvalue weighted by Gasteiger charge is 2.41. The number of aromatic nitrogens is 2. The van der Waals surface area contributed by atoms with Crippen LogP contribution in [-0.4, -0.2) is 23.2 Å². The fourth-order valence-electron chi connectivity index (χ4n) is 4.18. The summed E-state index contributed by atoms with van der Waals surface area (Å²) in [6.45, 7) is 0. The van der Waals surface area contributed by atoms with E-state index < -0.39 is 0 Å². The van der Waals surface area contributed by atoms with Gasteiger partial charge in [0.25, 0.3) is 0 Å². The molecule has 2 aliphatic carbocycles. The number of pyridine rings is 2. The third-order valence-corrected chi connectivity index (χ3v) is 6.18. The smallest absolute Gasteiger partial charge is 0.179 e. The number of methoxy groups -OCH3 is 1. The van der Waals surface area contributed by atoms with Crippen molar-refractivity contribution < 1.29 is 9.47 Å². The highest BCUT2D eigenvalue weighted by molar-refractivity contribution is 6.37. The van der Waals surface area contributed by atoms with Gasteiger partial charge in [0, 0.05) is 24.0 Å². The van der Waals surface area contributed by atoms with E-state index in [0.29, 0.717) is 44.3 Å². The maximum atomic E-state index is 9.68. The molecule has 0 N–H and O–H groups in total. The number of halogens is 2. The van der Waals surface area contributed by atoms with Crippen LogP contribution >= 0.6 is 23.2 Å². The molecule has 2 aromatic heterocycles. The lowest BCUT2D eigenvalue weighted by molar-refractivity contribution is 0.133. The second-order valence-electron chi connectivity index (χ2n) is 7.24. The Balaban J connectivity index is 1.67. The predicted octanol–water partition coefficient (Wildman–Crippen LogP) is 5.42. The normalized spacial score (nSPS) is 23.5. The first-order valence-electron chi connectivity index (χ1n) is 9.21. The first-order valence-corrected chi connectivity index (χ1v) is 9.96. The van der Waals surface area contributed by atoms with Gasteiger partial charge in [-0.3, -0.25) is 9.97 Å². The van der Waals surface area contributed by atoms with Gasteiger partial charge in [-0.1, -0.05) is 23.2 Å². The van der Waals surface area contributed by atoms with Crippen LogP contribution in [0.15, 0.2) is 24.7 Å².